The summed E-state index contributed by atoms with van der Waals surface area (Å²) in [7, 11) is 2.23. The Hall–Kier alpha value is -0.800. The van der Waals surface area contributed by atoms with Crippen LogP contribution in [0.5, 0.6) is 0 Å². The van der Waals surface area contributed by atoms with Gasteiger partial charge < -0.3 is 10.6 Å². The zero-order chi connectivity index (χ0) is 11.8. The van der Waals surface area contributed by atoms with Gasteiger partial charge in [0.2, 0.25) is 0 Å². The molecule has 3 rings (SSSR count). The molecule has 0 spiro atoms. The zero-order valence-corrected chi connectivity index (χ0v) is 10.7. The average Bonchev–Trinajstić information content (AvgIpc) is 2.73. The molecule has 94 valence electrons. The SMILES string of the molecule is CN1CCC(N2CCC3C=CC(N)=CC32)CC1. The fourth-order valence-corrected chi connectivity index (χ4v) is 3.53. The monoisotopic (exact) mass is 233 g/mol. The summed E-state index contributed by atoms with van der Waals surface area (Å²) < 4.78 is 0. The first-order valence-corrected chi connectivity index (χ1v) is 6.84. The largest absolute Gasteiger partial charge is 0.399 e. The maximum atomic E-state index is 5.94. The lowest BCUT2D eigenvalue weighted by atomic mass is 9.93. The molecule has 0 aromatic rings. The van der Waals surface area contributed by atoms with Crippen molar-refractivity contribution in [2.75, 3.05) is 26.7 Å². The van der Waals surface area contributed by atoms with Crippen molar-refractivity contribution in [3.8, 4) is 0 Å². The van der Waals surface area contributed by atoms with Crippen LogP contribution in [0.3, 0.4) is 0 Å². The summed E-state index contributed by atoms with van der Waals surface area (Å²) in [5.41, 5.74) is 6.89. The second kappa shape index (κ2) is 4.46. The van der Waals surface area contributed by atoms with Crippen LogP contribution in [-0.2, 0) is 0 Å². The smallest absolute Gasteiger partial charge is 0.0367 e. The van der Waals surface area contributed by atoms with Gasteiger partial charge in [-0.05, 0) is 64.0 Å². The third-order valence-corrected chi connectivity index (χ3v) is 4.60. The molecule has 0 amide bonds. The number of likely N-dealkylation sites (tertiary alicyclic amines) is 2. The fourth-order valence-electron chi connectivity index (χ4n) is 3.53. The van der Waals surface area contributed by atoms with Crippen molar-refractivity contribution >= 4 is 0 Å². The lowest BCUT2D eigenvalue weighted by Crippen LogP contribution is -2.46. The lowest BCUT2D eigenvalue weighted by molar-refractivity contribution is 0.120. The van der Waals surface area contributed by atoms with Gasteiger partial charge in [0.15, 0.2) is 0 Å². The zero-order valence-electron chi connectivity index (χ0n) is 10.7. The first-order chi connectivity index (χ1) is 8.24. The number of rotatable bonds is 1. The number of nitrogens with zero attached hydrogens (tertiary/aromatic N) is 2. The molecule has 2 unspecified atom stereocenters. The number of piperidine rings is 1. The highest BCUT2D eigenvalue weighted by atomic mass is 15.2. The van der Waals surface area contributed by atoms with Crippen LogP contribution in [-0.4, -0.2) is 48.6 Å². The van der Waals surface area contributed by atoms with E-state index in [1.165, 1.54) is 38.9 Å². The molecule has 3 nitrogen and oxygen atoms in total. The van der Waals surface area contributed by atoms with Crippen LogP contribution in [0.4, 0.5) is 0 Å². The number of allylic oxidation sites excluding steroid dienone is 1. The van der Waals surface area contributed by atoms with Crippen LogP contribution in [0, 0.1) is 5.92 Å². The number of hydrogen-bond acceptors (Lipinski definition) is 3. The van der Waals surface area contributed by atoms with E-state index >= 15 is 0 Å². The lowest BCUT2D eigenvalue weighted by Gasteiger charge is -2.38. The second-order valence-electron chi connectivity index (χ2n) is 5.74. The van der Waals surface area contributed by atoms with E-state index in [0.29, 0.717) is 12.0 Å². The van der Waals surface area contributed by atoms with Gasteiger partial charge in [-0.1, -0.05) is 6.08 Å². The Morgan fingerprint density at radius 1 is 1.18 bits per heavy atom. The third-order valence-electron chi connectivity index (χ3n) is 4.60. The minimum Gasteiger partial charge on any atom is -0.399 e. The predicted molar refractivity (Wildman–Crippen MR) is 70.5 cm³/mol. The quantitative estimate of drug-likeness (QED) is 0.738. The van der Waals surface area contributed by atoms with Gasteiger partial charge in [0, 0.05) is 17.8 Å². The summed E-state index contributed by atoms with van der Waals surface area (Å²) in [6.45, 7) is 3.74. The van der Waals surface area contributed by atoms with E-state index in [2.05, 4.69) is 35.1 Å². The summed E-state index contributed by atoms with van der Waals surface area (Å²) >= 11 is 0. The summed E-state index contributed by atoms with van der Waals surface area (Å²) in [4.78, 5) is 5.14. The molecule has 2 N–H and O–H groups in total. The van der Waals surface area contributed by atoms with E-state index in [9.17, 15) is 0 Å². The van der Waals surface area contributed by atoms with Gasteiger partial charge in [-0.15, -0.1) is 0 Å². The Balaban J connectivity index is 1.70. The van der Waals surface area contributed by atoms with Crippen molar-refractivity contribution in [3.63, 3.8) is 0 Å². The molecule has 2 aliphatic heterocycles. The van der Waals surface area contributed by atoms with Crippen molar-refractivity contribution in [1.82, 2.24) is 9.80 Å². The topological polar surface area (TPSA) is 32.5 Å². The molecule has 0 bridgehead atoms. The molecular weight excluding hydrogens is 210 g/mol. The van der Waals surface area contributed by atoms with E-state index in [1.54, 1.807) is 0 Å². The van der Waals surface area contributed by atoms with Crippen molar-refractivity contribution in [3.05, 3.63) is 23.9 Å². The molecule has 1 aliphatic carbocycles. The van der Waals surface area contributed by atoms with Crippen molar-refractivity contribution < 1.29 is 0 Å². The van der Waals surface area contributed by atoms with E-state index < -0.39 is 0 Å². The minimum absolute atomic E-state index is 0.577. The number of nitrogens with two attached hydrogens (primary N) is 1. The first kappa shape index (κ1) is 11.3. The molecule has 2 atom stereocenters. The highest BCUT2D eigenvalue weighted by molar-refractivity contribution is 5.27. The van der Waals surface area contributed by atoms with Crippen molar-refractivity contribution in [2.45, 2.75) is 31.3 Å². The molecule has 0 aromatic heterocycles. The maximum absolute atomic E-state index is 5.94. The standard InChI is InChI=1S/C14H23N3/c1-16-7-5-13(6-8-16)17-9-4-11-2-3-12(15)10-14(11)17/h2-3,10-11,13-14H,4-9,15H2,1H3. The highest BCUT2D eigenvalue weighted by Crippen LogP contribution is 2.33. The maximum Gasteiger partial charge on any atom is 0.0367 e. The first-order valence-electron chi connectivity index (χ1n) is 6.84. The van der Waals surface area contributed by atoms with Gasteiger partial charge in [0.1, 0.15) is 0 Å². The number of fused-ring (bicyclic) bond motifs is 1. The molecule has 3 aliphatic rings. The van der Waals surface area contributed by atoms with Gasteiger partial charge in [-0.2, -0.15) is 0 Å². The van der Waals surface area contributed by atoms with Crippen LogP contribution in [0.15, 0.2) is 23.9 Å². The molecule has 17 heavy (non-hydrogen) atoms. The molecule has 0 saturated carbocycles. The summed E-state index contributed by atoms with van der Waals surface area (Å²) in [5, 5.41) is 0. The Labute approximate surface area is 104 Å². The normalized spacial score (nSPS) is 35.9. The average molecular weight is 233 g/mol. The molecule has 0 radical (unpaired) electrons. The Morgan fingerprint density at radius 2 is 1.94 bits per heavy atom. The van der Waals surface area contributed by atoms with Crippen LogP contribution in [0.1, 0.15) is 19.3 Å². The number of hydrogen-bond donors (Lipinski definition) is 1. The molecule has 2 fully saturated rings. The summed E-state index contributed by atoms with van der Waals surface area (Å²) in [6, 6.07) is 1.35. The Morgan fingerprint density at radius 3 is 2.71 bits per heavy atom. The van der Waals surface area contributed by atoms with Crippen LogP contribution in [0.2, 0.25) is 0 Å². The van der Waals surface area contributed by atoms with Gasteiger partial charge in [0.05, 0.1) is 0 Å². The molecule has 2 heterocycles. The van der Waals surface area contributed by atoms with E-state index in [1.807, 2.05) is 0 Å². The van der Waals surface area contributed by atoms with Gasteiger partial charge >= 0.3 is 0 Å². The summed E-state index contributed by atoms with van der Waals surface area (Å²) in [6.07, 6.45) is 10.6. The van der Waals surface area contributed by atoms with E-state index in [4.69, 9.17) is 5.73 Å². The van der Waals surface area contributed by atoms with Gasteiger partial charge in [-0.25, -0.2) is 0 Å². The van der Waals surface area contributed by atoms with Gasteiger partial charge in [0.25, 0.3) is 0 Å². The van der Waals surface area contributed by atoms with Gasteiger partial charge in [-0.3, -0.25) is 4.90 Å². The summed E-state index contributed by atoms with van der Waals surface area (Å²) in [5.74, 6) is 0.710. The van der Waals surface area contributed by atoms with E-state index in [0.717, 1.165) is 11.7 Å². The fraction of sp³-hybridized carbons (Fsp3) is 0.714. The second-order valence-corrected chi connectivity index (χ2v) is 5.74. The van der Waals surface area contributed by atoms with Crippen molar-refractivity contribution in [1.29, 1.82) is 0 Å². The predicted octanol–water partition coefficient (Wildman–Crippen LogP) is 1.18. The third kappa shape index (κ3) is 2.14. The minimum atomic E-state index is 0.577. The molecular formula is C14H23N3. The molecule has 0 aromatic carbocycles. The Bertz CT molecular complexity index is 339. The van der Waals surface area contributed by atoms with Crippen LogP contribution < -0.4 is 5.73 Å². The highest BCUT2D eigenvalue weighted by Gasteiger charge is 2.37. The van der Waals surface area contributed by atoms with Crippen LogP contribution >= 0.6 is 0 Å². The molecule has 2 saturated heterocycles. The molecule has 3 heteroatoms. The van der Waals surface area contributed by atoms with Crippen LogP contribution in [0.25, 0.3) is 0 Å². The Kier molecular flexibility index (Phi) is 2.97. The van der Waals surface area contributed by atoms with E-state index in [-0.39, 0.29) is 0 Å². The van der Waals surface area contributed by atoms with Crippen molar-refractivity contribution in [2.24, 2.45) is 11.7 Å².